The number of hydrogen-bond acceptors (Lipinski definition) is 5. The van der Waals surface area contributed by atoms with Gasteiger partial charge in [0.1, 0.15) is 6.10 Å². The number of benzene rings is 1. The third-order valence-corrected chi connectivity index (χ3v) is 3.61. The molecule has 2 fully saturated rings. The fraction of sp³-hybridized carbons (Fsp3) is 0.533. The second-order valence-electron chi connectivity index (χ2n) is 5.07. The van der Waals surface area contributed by atoms with Crippen LogP contribution in [-0.4, -0.2) is 63.0 Å². The minimum absolute atomic E-state index is 0.00485. The maximum atomic E-state index is 12.1. The number of ether oxygens (including phenoxy) is 4. The third-order valence-electron chi connectivity index (χ3n) is 3.61. The van der Waals surface area contributed by atoms with E-state index in [1.165, 1.54) is 0 Å². The Morgan fingerprint density at radius 3 is 2.67 bits per heavy atom. The van der Waals surface area contributed by atoms with Crippen molar-refractivity contribution in [1.82, 2.24) is 4.90 Å². The number of nitrogens with zero attached hydrogens (tertiary/aromatic N) is 1. The molecule has 1 amide bonds. The lowest BCUT2D eigenvalue weighted by Gasteiger charge is -2.41. The van der Waals surface area contributed by atoms with Gasteiger partial charge in [0.05, 0.1) is 40.0 Å². The van der Waals surface area contributed by atoms with Crippen LogP contribution in [0.1, 0.15) is 0 Å². The van der Waals surface area contributed by atoms with Gasteiger partial charge in [-0.25, -0.2) is 0 Å². The van der Waals surface area contributed by atoms with Gasteiger partial charge < -0.3 is 23.8 Å². The fourth-order valence-corrected chi connectivity index (χ4v) is 2.42. The first-order chi connectivity index (χ1) is 10.3. The zero-order valence-corrected chi connectivity index (χ0v) is 12.0. The number of likely N-dealkylation sites (tertiary alicyclic amines) is 1. The molecule has 114 valence electrons. The van der Waals surface area contributed by atoms with Gasteiger partial charge in [0, 0.05) is 0 Å². The number of carbonyl (C=O) groups is 1. The minimum atomic E-state index is -0.467. The van der Waals surface area contributed by atoms with Crippen molar-refractivity contribution in [2.24, 2.45) is 0 Å². The van der Waals surface area contributed by atoms with Crippen molar-refractivity contribution in [2.45, 2.75) is 12.2 Å². The molecule has 0 bridgehead atoms. The van der Waals surface area contributed by atoms with Crippen LogP contribution in [0.5, 0.6) is 11.5 Å². The lowest BCUT2D eigenvalue weighted by Crippen LogP contribution is -2.60. The normalized spacial score (nSPS) is 22.5. The van der Waals surface area contributed by atoms with Crippen molar-refractivity contribution in [3.05, 3.63) is 24.3 Å². The number of rotatable bonds is 4. The van der Waals surface area contributed by atoms with E-state index in [2.05, 4.69) is 0 Å². The summed E-state index contributed by atoms with van der Waals surface area (Å²) in [7, 11) is 1.61. The molecule has 1 unspecified atom stereocenters. The number of hydrogen-bond donors (Lipinski definition) is 0. The predicted octanol–water partition coefficient (Wildman–Crippen LogP) is 0.700. The van der Waals surface area contributed by atoms with E-state index in [1.807, 2.05) is 24.3 Å². The average molecular weight is 293 g/mol. The Bertz CT molecular complexity index is 495. The van der Waals surface area contributed by atoms with E-state index in [9.17, 15) is 4.79 Å². The second kappa shape index (κ2) is 6.32. The smallest absolute Gasteiger partial charge is 0.254 e. The molecule has 0 spiro atoms. The SMILES string of the molecule is COc1ccccc1OC1CN(C(=O)C2COCCO2)C1. The van der Waals surface area contributed by atoms with E-state index in [0.29, 0.717) is 44.4 Å². The zero-order valence-electron chi connectivity index (χ0n) is 12.0. The van der Waals surface area contributed by atoms with Crippen LogP contribution in [0.3, 0.4) is 0 Å². The summed E-state index contributed by atoms with van der Waals surface area (Å²) in [6, 6.07) is 7.50. The number of methoxy groups -OCH3 is 1. The lowest BCUT2D eigenvalue weighted by molar-refractivity contribution is -0.165. The first-order valence-electron chi connectivity index (χ1n) is 7.05. The van der Waals surface area contributed by atoms with Crippen molar-refractivity contribution in [1.29, 1.82) is 0 Å². The van der Waals surface area contributed by atoms with Gasteiger partial charge in [0.2, 0.25) is 0 Å². The van der Waals surface area contributed by atoms with Crippen LogP contribution in [0.15, 0.2) is 24.3 Å². The summed E-state index contributed by atoms with van der Waals surface area (Å²) in [5.74, 6) is 1.38. The van der Waals surface area contributed by atoms with E-state index in [4.69, 9.17) is 18.9 Å². The van der Waals surface area contributed by atoms with E-state index < -0.39 is 6.10 Å². The van der Waals surface area contributed by atoms with E-state index in [-0.39, 0.29) is 12.0 Å². The van der Waals surface area contributed by atoms with Gasteiger partial charge in [-0.2, -0.15) is 0 Å². The molecule has 0 saturated carbocycles. The summed E-state index contributed by atoms with van der Waals surface area (Å²) in [6.07, 6.45) is -0.472. The molecule has 2 aliphatic heterocycles. The van der Waals surface area contributed by atoms with Crippen LogP contribution in [0.4, 0.5) is 0 Å². The Morgan fingerprint density at radius 2 is 2.00 bits per heavy atom. The highest BCUT2D eigenvalue weighted by Gasteiger charge is 2.37. The number of amides is 1. The molecule has 6 heteroatoms. The van der Waals surface area contributed by atoms with Gasteiger partial charge in [-0.15, -0.1) is 0 Å². The lowest BCUT2D eigenvalue weighted by atomic mass is 10.1. The Kier molecular flexibility index (Phi) is 4.26. The molecule has 1 atom stereocenters. The van der Waals surface area contributed by atoms with Crippen LogP contribution in [-0.2, 0) is 14.3 Å². The zero-order chi connectivity index (χ0) is 14.7. The number of carbonyl (C=O) groups excluding carboxylic acids is 1. The van der Waals surface area contributed by atoms with Crippen LogP contribution < -0.4 is 9.47 Å². The van der Waals surface area contributed by atoms with Crippen LogP contribution in [0.25, 0.3) is 0 Å². The Balaban J connectivity index is 1.50. The molecule has 2 saturated heterocycles. The Hall–Kier alpha value is -1.79. The summed E-state index contributed by atoms with van der Waals surface area (Å²) < 4.78 is 21.8. The summed E-state index contributed by atoms with van der Waals surface area (Å²) in [4.78, 5) is 13.9. The quantitative estimate of drug-likeness (QED) is 0.818. The predicted molar refractivity (Wildman–Crippen MR) is 74.5 cm³/mol. The molecule has 21 heavy (non-hydrogen) atoms. The average Bonchev–Trinajstić information content (AvgIpc) is 2.51. The summed E-state index contributed by atoms with van der Waals surface area (Å²) in [5, 5.41) is 0. The molecule has 3 rings (SSSR count). The summed E-state index contributed by atoms with van der Waals surface area (Å²) in [5.41, 5.74) is 0. The molecular formula is C15H19NO5. The molecule has 1 aromatic rings. The van der Waals surface area contributed by atoms with Crippen LogP contribution in [0, 0.1) is 0 Å². The van der Waals surface area contributed by atoms with Crippen LogP contribution in [0.2, 0.25) is 0 Å². The van der Waals surface area contributed by atoms with Crippen molar-refractivity contribution >= 4 is 5.91 Å². The van der Waals surface area contributed by atoms with Gasteiger partial charge in [0.25, 0.3) is 5.91 Å². The summed E-state index contributed by atoms with van der Waals surface area (Å²) in [6.45, 7) is 2.51. The highest BCUT2D eigenvalue weighted by Crippen LogP contribution is 2.28. The third kappa shape index (κ3) is 3.11. The van der Waals surface area contributed by atoms with Gasteiger partial charge in [-0.05, 0) is 12.1 Å². The highest BCUT2D eigenvalue weighted by atomic mass is 16.6. The van der Waals surface area contributed by atoms with E-state index in [1.54, 1.807) is 12.0 Å². The molecule has 2 aliphatic rings. The molecule has 2 heterocycles. The molecule has 0 aromatic heterocycles. The monoisotopic (exact) mass is 293 g/mol. The fourth-order valence-electron chi connectivity index (χ4n) is 2.42. The van der Waals surface area contributed by atoms with E-state index in [0.717, 1.165) is 0 Å². The van der Waals surface area contributed by atoms with Crippen molar-refractivity contribution < 1.29 is 23.7 Å². The van der Waals surface area contributed by atoms with E-state index >= 15 is 0 Å². The largest absolute Gasteiger partial charge is 0.493 e. The maximum Gasteiger partial charge on any atom is 0.254 e. The van der Waals surface area contributed by atoms with Gasteiger partial charge in [-0.3, -0.25) is 4.79 Å². The Labute approximate surface area is 123 Å². The molecule has 0 radical (unpaired) electrons. The summed E-state index contributed by atoms with van der Waals surface area (Å²) >= 11 is 0. The topological polar surface area (TPSA) is 57.2 Å². The molecule has 6 nitrogen and oxygen atoms in total. The van der Waals surface area contributed by atoms with Gasteiger partial charge >= 0.3 is 0 Å². The first kappa shape index (κ1) is 14.2. The van der Waals surface area contributed by atoms with Crippen molar-refractivity contribution in [3.8, 4) is 11.5 Å². The standard InChI is InChI=1S/C15H19NO5/c1-18-12-4-2-3-5-13(12)21-11-8-16(9-11)15(17)14-10-19-6-7-20-14/h2-5,11,14H,6-10H2,1H3. The second-order valence-corrected chi connectivity index (χ2v) is 5.07. The van der Waals surface area contributed by atoms with Crippen LogP contribution >= 0.6 is 0 Å². The first-order valence-corrected chi connectivity index (χ1v) is 7.05. The maximum absolute atomic E-state index is 12.1. The molecular weight excluding hydrogens is 274 g/mol. The molecule has 1 aromatic carbocycles. The molecule has 0 N–H and O–H groups in total. The molecule has 0 aliphatic carbocycles. The minimum Gasteiger partial charge on any atom is -0.493 e. The van der Waals surface area contributed by atoms with Gasteiger partial charge in [0.15, 0.2) is 17.6 Å². The Morgan fingerprint density at radius 1 is 1.24 bits per heavy atom. The van der Waals surface area contributed by atoms with Crippen molar-refractivity contribution in [2.75, 3.05) is 40.0 Å². The number of para-hydroxylation sites is 2. The highest BCUT2D eigenvalue weighted by molar-refractivity contribution is 5.82. The van der Waals surface area contributed by atoms with Crippen molar-refractivity contribution in [3.63, 3.8) is 0 Å². The van der Waals surface area contributed by atoms with Gasteiger partial charge in [-0.1, -0.05) is 12.1 Å².